The van der Waals surface area contributed by atoms with E-state index in [2.05, 4.69) is 21.2 Å². The molecule has 2 rings (SSSR count). The van der Waals surface area contributed by atoms with Crippen LogP contribution in [-0.2, 0) is 20.7 Å². The van der Waals surface area contributed by atoms with Crippen molar-refractivity contribution in [2.75, 3.05) is 11.9 Å². The Hall–Kier alpha value is -2.34. The average Bonchev–Trinajstić information content (AvgIpc) is 2.63. The number of carbonyl (C=O) groups excluding carboxylic acids is 2. The molecule has 2 aromatic carbocycles. The quantitative estimate of drug-likeness (QED) is 0.680. The van der Waals surface area contributed by atoms with Gasteiger partial charge in [0, 0.05) is 10.2 Å². The molecule has 0 aromatic heterocycles. The highest BCUT2D eigenvalue weighted by atomic mass is 79.9. The summed E-state index contributed by atoms with van der Waals surface area (Å²) < 4.78 is 11.5. The van der Waals surface area contributed by atoms with E-state index in [4.69, 9.17) is 9.47 Å². The van der Waals surface area contributed by atoms with E-state index < -0.39 is 12.1 Å². The maximum absolute atomic E-state index is 12.1. The predicted molar refractivity (Wildman–Crippen MR) is 104 cm³/mol. The third-order valence-electron chi connectivity index (χ3n) is 3.81. The SMILES string of the molecule is CCc1cccc(C)c1NC(=O)COC(=O)[C@H](C)Oc1ccc(Br)cc1. The van der Waals surface area contributed by atoms with Crippen molar-refractivity contribution >= 4 is 33.5 Å². The summed E-state index contributed by atoms with van der Waals surface area (Å²) in [6.07, 6.45) is -0.0107. The number of nitrogens with one attached hydrogen (secondary N) is 1. The number of benzene rings is 2. The van der Waals surface area contributed by atoms with Crippen LogP contribution in [0, 0.1) is 6.92 Å². The van der Waals surface area contributed by atoms with Crippen LogP contribution < -0.4 is 10.1 Å². The molecule has 0 saturated carbocycles. The molecular formula is C20H22BrNO4. The standard InChI is InChI=1S/C20H22BrNO4/c1-4-15-7-5-6-13(2)19(15)22-18(23)12-25-20(24)14(3)26-17-10-8-16(21)9-11-17/h5-11,14H,4,12H2,1-3H3,(H,22,23)/t14-/m0/s1. The van der Waals surface area contributed by atoms with Gasteiger partial charge in [0.05, 0.1) is 0 Å². The first-order chi connectivity index (χ1) is 12.4. The highest BCUT2D eigenvalue weighted by Crippen LogP contribution is 2.21. The maximum Gasteiger partial charge on any atom is 0.347 e. The summed E-state index contributed by atoms with van der Waals surface area (Å²) in [6.45, 7) is 5.17. The fourth-order valence-corrected chi connectivity index (χ4v) is 2.66. The van der Waals surface area contributed by atoms with Gasteiger partial charge in [0.1, 0.15) is 5.75 Å². The van der Waals surface area contributed by atoms with Gasteiger partial charge in [-0.05, 0) is 55.7 Å². The second kappa shape index (κ2) is 9.38. The zero-order valence-electron chi connectivity index (χ0n) is 15.0. The van der Waals surface area contributed by atoms with Gasteiger partial charge in [-0.2, -0.15) is 0 Å². The van der Waals surface area contributed by atoms with E-state index in [0.717, 1.165) is 27.7 Å². The molecule has 1 atom stereocenters. The summed E-state index contributed by atoms with van der Waals surface area (Å²) in [4.78, 5) is 24.1. The van der Waals surface area contributed by atoms with Crippen molar-refractivity contribution in [1.29, 1.82) is 0 Å². The molecule has 0 aliphatic carbocycles. The second-order valence-corrected chi connectivity index (χ2v) is 6.75. The van der Waals surface area contributed by atoms with E-state index in [0.29, 0.717) is 5.75 Å². The minimum Gasteiger partial charge on any atom is -0.479 e. The van der Waals surface area contributed by atoms with Crippen LogP contribution in [0.2, 0.25) is 0 Å². The van der Waals surface area contributed by atoms with Gasteiger partial charge >= 0.3 is 5.97 Å². The third-order valence-corrected chi connectivity index (χ3v) is 4.34. The summed E-state index contributed by atoms with van der Waals surface area (Å²) in [5.41, 5.74) is 2.78. The van der Waals surface area contributed by atoms with Crippen molar-refractivity contribution in [3.63, 3.8) is 0 Å². The molecule has 2 aromatic rings. The largest absolute Gasteiger partial charge is 0.479 e. The zero-order chi connectivity index (χ0) is 19.1. The summed E-state index contributed by atoms with van der Waals surface area (Å²) >= 11 is 3.33. The van der Waals surface area contributed by atoms with E-state index in [9.17, 15) is 9.59 Å². The number of ether oxygens (including phenoxy) is 2. The molecule has 0 bridgehead atoms. The number of para-hydroxylation sites is 1. The number of hydrogen-bond acceptors (Lipinski definition) is 4. The molecule has 0 heterocycles. The highest BCUT2D eigenvalue weighted by molar-refractivity contribution is 9.10. The van der Waals surface area contributed by atoms with Crippen LogP contribution in [0.15, 0.2) is 46.9 Å². The van der Waals surface area contributed by atoms with Crippen LogP contribution in [0.25, 0.3) is 0 Å². The Bertz CT molecular complexity index is 774. The highest BCUT2D eigenvalue weighted by Gasteiger charge is 2.18. The van der Waals surface area contributed by atoms with Gasteiger partial charge < -0.3 is 14.8 Å². The molecule has 5 nitrogen and oxygen atoms in total. The lowest BCUT2D eigenvalue weighted by atomic mass is 10.1. The third kappa shape index (κ3) is 5.59. The summed E-state index contributed by atoms with van der Waals surface area (Å²) in [5.74, 6) is -0.420. The van der Waals surface area contributed by atoms with Gasteiger partial charge in [-0.25, -0.2) is 4.79 Å². The van der Waals surface area contributed by atoms with E-state index in [1.54, 1.807) is 19.1 Å². The van der Waals surface area contributed by atoms with Crippen LogP contribution in [0.4, 0.5) is 5.69 Å². The fraction of sp³-hybridized carbons (Fsp3) is 0.300. The van der Waals surface area contributed by atoms with Crippen LogP contribution in [0.1, 0.15) is 25.0 Å². The number of halogens is 1. The second-order valence-electron chi connectivity index (χ2n) is 5.83. The molecule has 1 N–H and O–H groups in total. The van der Waals surface area contributed by atoms with Gasteiger partial charge in [-0.1, -0.05) is 41.1 Å². The molecule has 138 valence electrons. The first kappa shape index (κ1) is 20.0. The van der Waals surface area contributed by atoms with Crippen LogP contribution in [-0.4, -0.2) is 24.6 Å². The van der Waals surface area contributed by atoms with Crippen LogP contribution >= 0.6 is 15.9 Å². The minimum absolute atomic E-state index is 0.357. The molecule has 0 radical (unpaired) electrons. The van der Waals surface area contributed by atoms with Gasteiger partial charge in [0.25, 0.3) is 5.91 Å². The lowest BCUT2D eigenvalue weighted by Crippen LogP contribution is -2.30. The normalized spacial score (nSPS) is 11.5. The number of carbonyl (C=O) groups is 2. The van der Waals surface area contributed by atoms with E-state index in [1.807, 2.05) is 44.2 Å². The lowest BCUT2D eigenvalue weighted by molar-refractivity contribution is -0.153. The number of aryl methyl sites for hydroxylation is 2. The maximum atomic E-state index is 12.1. The molecule has 6 heteroatoms. The number of hydrogen-bond donors (Lipinski definition) is 1. The van der Waals surface area contributed by atoms with Crippen LogP contribution in [0.5, 0.6) is 5.75 Å². The van der Waals surface area contributed by atoms with Crippen LogP contribution in [0.3, 0.4) is 0 Å². The van der Waals surface area contributed by atoms with Crippen molar-refractivity contribution < 1.29 is 19.1 Å². The summed E-state index contributed by atoms with van der Waals surface area (Å²) in [7, 11) is 0. The molecule has 0 saturated heterocycles. The van der Waals surface area contributed by atoms with Gasteiger partial charge in [0.15, 0.2) is 12.7 Å². The Morgan fingerprint density at radius 2 is 1.85 bits per heavy atom. The summed E-state index contributed by atoms with van der Waals surface area (Å²) in [5, 5.41) is 2.82. The van der Waals surface area contributed by atoms with Crippen molar-refractivity contribution in [1.82, 2.24) is 0 Å². The average molecular weight is 420 g/mol. The molecule has 0 unspecified atom stereocenters. The number of rotatable bonds is 7. The Morgan fingerprint density at radius 3 is 2.50 bits per heavy atom. The number of amides is 1. The Balaban J connectivity index is 1.86. The minimum atomic E-state index is -0.811. The first-order valence-electron chi connectivity index (χ1n) is 8.38. The fourth-order valence-electron chi connectivity index (χ4n) is 2.40. The summed E-state index contributed by atoms with van der Waals surface area (Å²) in [6, 6.07) is 12.9. The zero-order valence-corrected chi connectivity index (χ0v) is 16.6. The molecule has 0 aliphatic heterocycles. The van der Waals surface area contributed by atoms with E-state index in [-0.39, 0.29) is 12.5 Å². The topological polar surface area (TPSA) is 64.6 Å². The molecule has 26 heavy (non-hydrogen) atoms. The smallest absolute Gasteiger partial charge is 0.347 e. The lowest BCUT2D eigenvalue weighted by Gasteiger charge is -2.15. The van der Waals surface area contributed by atoms with Crippen molar-refractivity contribution in [2.24, 2.45) is 0 Å². The van der Waals surface area contributed by atoms with E-state index >= 15 is 0 Å². The Kier molecular flexibility index (Phi) is 7.21. The van der Waals surface area contributed by atoms with Gasteiger partial charge in [-0.15, -0.1) is 0 Å². The van der Waals surface area contributed by atoms with Crippen molar-refractivity contribution in [3.05, 3.63) is 58.1 Å². The number of anilines is 1. The molecule has 1 amide bonds. The van der Waals surface area contributed by atoms with Crippen molar-refractivity contribution in [2.45, 2.75) is 33.3 Å². The van der Waals surface area contributed by atoms with Gasteiger partial charge in [-0.3, -0.25) is 4.79 Å². The Labute approximate surface area is 161 Å². The van der Waals surface area contributed by atoms with Gasteiger partial charge in [0.2, 0.25) is 0 Å². The number of esters is 1. The van der Waals surface area contributed by atoms with E-state index in [1.165, 1.54) is 0 Å². The first-order valence-corrected chi connectivity index (χ1v) is 9.17. The molecular weight excluding hydrogens is 398 g/mol. The monoisotopic (exact) mass is 419 g/mol. The Morgan fingerprint density at radius 1 is 1.15 bits per heavy atom. The van der Waals surface area contributed by atoms with Crippen molar-refractivity contribution in [3.8, 4) is 5.75 Å². The molecule has 0 spiro atoms. The molecule has 0 aliphatic rings. The predicted octanol–water partition coefficient (Wildman–Crippen LogP) is 4.27. The molecule has 0 fully saturated rings.